The van der Waals surface area contributed by atoms with Crippen LogP contribution in [0.15, 0.2) is 30.8 Å². The molecule has 43 valence electrons. The number of hydrogen-bond acceptors (Lipinski definition) is 0. The smallest absolute Gasteiger partial charge is 0 e. The topological polar surface area (TPSA) is 0 Å². The van der Waals surface area contributed by atoms with Crippen LogP contribution in [0.5, 0.6) is 0 Å². The van der Waals surface area contributed by atoms with E-state index < -0.39 is 0 Å². The molecule has 1 aromatic carbocycles. The molecule has 9 heavy (non-hydrogen) atoms. The van der Waals surface area contributed by atoms with Gasteiger partial charge in [0.15, 0.2) is 0 Å². The average molecular weight is 192 g/mol. The van der Waals surface area contributed by atoms with E-state index in [0.29, 0.717) is 0 Å². The first-order valence-corrected chi connectivity index (χ1v) is 2.52. The molecule has 0 nitrogen and oxygen atoms in total. The molecule has 1 rings (SSSR count). The summed E-state index contributed by atoms with van der Waals surface area (Å²) in [5.41, 5.74) is 1.14. The van der Waals surface area contributed by atoms with Crippen LogP contribution < -0.4 is 0 Å². The van der Waals surface area contributed by atoms with Crippen LogP contribution in [-0.2, 0) is 32.7 Å². The van der Waals surface area contributed by atoms with Crippen LogP contribution in [0.3, 0.4) is 0 Å². The molecule has 0 aliphatic carbocycles. The number of benzene rings is 1. The predicted molar refractivity (Wildman–Crippen MR) is 35.4 cm³/mol. The molecule has 0 spiro atoms. The molecule has 0 saturated carbocycles. The first kappa shape index (κ1) is 9.06. The molecule has 0 aliphatic heterocycles. The Morgan fingerprint density at radius 2 is 1.89 bits per heavy atom. The summed E-state index contributed by atoms with van der Waals surface area (Å²) in [6.07, 6.45) is 1.81. The summed E-state index contributed by atoms with van der Waals surface area (Å²) in [5.74, 6) is 0. The number of rotatable bonds is 1. The van der Waals surface area contributed by atoms with Crippen LogP contribution in [0.4, 0.5) is 0 Å². The second-order valence-corrected chi connectivity index (χ2v) is 1.54. The van der Waals surface area contributed by atoms with E-state index in [1.807, 2.05) is 30.3 Å². The van der Waals surface area contributed by atoms with Crippen molar-refractivity contribution in [2.24, 2.45) is 0 Å². The van der Waals surface area contributed by atoms with Crippen molar-refractivity contribution in [1.29, 1.82) is 0 Å². The molecule has 0 saturated heterocycles. The van der Waals surface area contributed by atoms with Gasteiger partial charge >= 0.3 is 0 Å². The van der Waals surface area contributed by atoms with Crippen LogP contribution in [0, 0.1) is 6.07 Å². The van der Waals surface area contributed by atoms with E-state index in [1.165, 1.54) is 0 Å². The second kappa shape index (κ2) is 4.90. The van der Waals surface area contributed by atoms with E-state index in [0.717, 1.165) is 5.56 Å². The minimum Gasteiger partial charge on any atom is -0.184 e. The molecule has 0 amide bonds. The Morgan fingerprint density at radius 3 is 2.22 bits per heavy atom. The fraction of sp³-hybridized carbons (Fsp3) is 0. The van der Waals surface area contributed by atoms with Gasteiger partial charge in [0.1, 0.15) is 0 Å². The predicted octanol–water partition coefficient (Wildman–Crippen LogP) is 2.13. The molecule has 0 aliphatic rings. The fourth-order valence-corrected chi connectivity index (χ4v) is 0.536. The molecule has 0 N–H and O–H groups in total. The van der Waals surface area contributed by atoms with Crippen molar-refractivity contribution in [3.8, 4) is 0 Å². The van der Waals surface area contributed by atoms with Gasteiger partial charge in [-0.1, -0.05) is 6.08 Å². The Hall–Kier alpha value is 0.0639. The van der Waals surface area contributed by atoms with Gasteiger partial charge in [0.05, 0.1) is 0 Å². The molecular weight excluding hydrogens is 185 g/mol. The molecule has 0 fully saturated rings. The Bertz CT molecular complexity index is 167. The van der Waals surface area contributed by atoms with Crippen LogP contribution in [-0.4, -0.2) is 0 Å². The zero-order valence-corrected chi connectivity index (χ0v) is 8.01. The molecular formula is C8H7Y-. The maximum atomic E-state index is 3.62. The maximum absolute atomic E-state index is 3.62. The van der Waals surface area contributed by atoms with Gasteiger partial charge in [-0.2, -0.15) is 30.3 Å². The van der Waals surface area contributed by atoms with E-state index >= 15 is 0 Å². The Kier molecular flexibility index (Phi) is 4.93. The first-order valence-electron chi connectivity index (χ1n) is 2.52. The van der Waals surface area contributed by atoms with E-state index in [9.17, 15) is 0 Å². The van der Waals surface area contributed by atoms with Crippen molar-refractivity contribution in [1.82, 2.24) is 0 Å². The van der Waals surface area contributed by atoms with Gasteiger partial charge in [-0.3, -0.25) is 0 Å². The van der Waals surface area contributed by atoms with Gasteiger partial charge in [-0.05, 0) is 0 Å². The molecule has 0 aromatic heterocycles. The third kappa shape index (κ3) is 2.93. The van der Waals surface area contributed by atoms with Crippen molar-refractivity contribution < 1.29 is 32.7 Å². The molecule has 0 bridgehead atoms. The largest absolute Gasteiger partial charge is 0.184 e. The monoisotopic (exact) mass is 192 g/mol. The van der Waals surface area contributed by atoms with Crippen LogP contribution in [0.2, 0.25) is 0 Å². The van der Waals surface area contributed by atoms with Crippen molar-refractivity contribution in [2.45, 2.75) is 0 Å². The summed E-state index contributed by atoms with van der Waals surface area (Å²) < 4.78 is 0. The van der Waals surface area contributed by atoms with E-state index in [4.69, 9.17) is 0 Å². The quantitative estimate of drug-likeness (QED) is 0.598. The third-order valence-corrected chi connectivity index (χ3v) is 0.980. The van der Waals surface area contributed by atoms with Gasteiger partial charge in [-0.25, -0.2) is 0 Å². The van der Waals surface area contributed by atoms with Gasteiger partial charge in [0.2, 0.25) is 0 Å². The van der Waals surface area contributed by atoms with Gasteiger partial charge in [-0.15, -0.1) is 12.1 Å². The summed E-state index contributed by atoms with van der Waals surface area (Å²) in [6.45, 7) is 3.62. The molecule has 0 heterocycles. The maximum Gasteiger partial charge on any atom is 0 e. The Labute approximate surface area is 80.9 Å². The third-order valence-electron chi connectivity index (χ3n) is 0.980. The van der Waals surface area contributed by atoms with Crippen molar-refractivity contribution >= 4 is 6.08 Å². The molecule has 1 radical (unpaired) electrons. The first-order chi connectivity index (χ1) is 3.93. The van der Waals surface area contributed by atoms with Crippen LogP contribution >= 0.6 is 0 Å². The zero-order valence-electron chi connectivity index (χ0n) is 5.17. The fourth-order valence-electron chi connectivity index (χ4n) is 0.536. The summed E-state index contributed by atoms with van der Waals surface area (Å²) >= 11 is 0. The Balaban J connectivity index is 0.000000640. The Morgan fingerprint density at radius 1 is 1.33 bits per heavy atom. The molecule has 1 aromatic rings. The molecule has 0 unspecified atom stereocenters. The van der Waals surface area contributed by atoms with E-state index in [2.05, 4.69) is 12.6 Å². The van der Waals surface area contributed by atoms with Crippen LogP contribution in [0.1, 0.15) is 5.56 Å². The van der Waals surface area contributed by atoms with Crippen molar-refractivity contribution in [3.63, 3.8) is 0 Å². The molecule has 1 heteroatoms. The normalized spacial score (nSPS) is 7.56. The van der Waals surface area contributed by atoms with Gasteiger partial charge in [0.25, 0.3) is 0 Å². The summed E-state index contributed by atoms with van der Waals surface area (Å²) in [6, 6.07) is 10.6. The zero-order chi connectivity index (χ0) is 5.82. The SMILES string of the molecule is C=Cc1cc[c-]cc1.[Y]. The van der Waals surface area contributed by atoms with E-state index in [-0.39, 0.29) is 32.7 Å². The van der Waals surface area contributed by atoms with Gasteiger partial charge < -0.3 is 0 Å². The minimum absolute atomic E-state index is 0. The summed E-state index contributed by atoms with van der Waals surface area (Å²) in [4.78, 5) is 0. The second-order valence-electron chi connectivity index (χ2n) is 1.54. The van der Waals surface area contributed by atoms with E-state index in [1.54, 1.807) is 0 Å². The summed E-state index contributed by atoms with van der Waals surface area (Å²) in [5, 5.41) is 0. The van der Waals surface area contributed by atoms with Crippen molar-refractivity contribution in [2.75, 3.05) is 0 Å². The van der Waals surface area contributed by atoms with Gasteiger partial charge in [0, 0.05) is 32.7 Å². The number of hydrogen-bond donors (Lipinski definition) is 0. The standard InChI is InChI=1S/C8H7.Y/c1-2-8-6-4-3-5-7-8;/h2,4-7H,1H2;/q-1;. The minimum atomic E-state index is 0. The average Bonchev–Trinajstić information content (AvgIpc) is 1.90. The summed E-state index contributed by atoms with van der Waals surface area (Å²) in [7, 11) is 0. The van der Waals surface area contributed by atoms with Crippen LogP contribution in [0.25, 0.3) is 6.08 Å². The molecule has 0 atom stereocenters. The van der Waals surface area contributed by atoms with Crippen molar-refractivity contribution in [3.05, 3.63) is 42.5 Å².